The van der Waals surface area contributed by atoms with E-state index in [1.54, 1.807) is 36.5 Å². The molecule has 0 aliphatic heterocycles. The average molecular weight is 904 g/mol. The lowest BCUT2D eigenvalue weighted by molar-refractivity contribution is -0.149. The monoisotopic (exact) mass is 903 g/mol. The van der Waals surface area contributed by atoms with Gasteiger partial charge in [-0.05, 0) is 54.2 Å². The van der Waals surface area contributed by atoms with Gasteiger partial charge in [0.25, 0.3) is 0 Å². The van der Waals surface area contributed by atoms with Crippen molar-refractivity contribution in [2.24, 2.45) is 11.8 Å². The van der Waals surface area contributed by atoms with Crippen LogP contribution in [0.3, 0.4) is 0 Å². The topological polar surface area (TPSA) is 314 Å². The lowest BCUT2D eigenvalue weighted by Crippen LogP contribution is -2.59. The Morgan fingerprint density at radius 3 is 1.77 bits per heavy atom. The molecule has 19 nitrogen and oxygen atoms in total. The van der Waals surface area contributed by atoms with Gasteiger partial charge in [0.15, 0.2) is 0 Å². The number of nitrogens with one attached hydrogen (secondary N) is 6. The Morgan fingerprint density at radius 1 is 0.641 bits per heavy atom. The highest BCUT2D eigenvalue weighted by molar-refractivity contribution is 7.76. The van der Waals surface area contributed by atoms with E-state index in [2.05, 4.69) is 31.6 Å². The molecule has 3 aromatic carbocycles. The van der Waals surface area contributed by atoms with Gasteiger partial charge in [-0.25, -0.2) is 4.79 Å². The summed E-state index contributed by atoms with van der Waals surface area (Å²) < 4.78 is 0. The van der Waals surface area contributed by atoms with Gasteiger partial charge >= 0.3 is 25.4 Å². The Labute approximate surface area is 368 Å². The van der Waals surface area contributed by atoms with Crippen molar-refractivity contribution in [2.45, 2.75) is 82.0 Å². The molecule has 1 heterocycles. The van der Waals surface area contributed by atoms with Crippen LogP contribution in [0, 0.1) is 11.8 Å². The van der Waals surface area contributed by atoms with E-state index in [0.29, 0.717) is 29.5 Å². The van der Waals surface area contributed by atoms with E-state index in [1.807, 2.05) is 24.3 Å². The molecular weight excluding hydrogens is 851 g/mol. The predicted molar refractivity (Wildman–Crippen MR) is 232 cm³/mol. The van der Waals surface area contributed by atoms with Crippen LogP contribution >= 0.6 is 7.94 Å². The van der Waals surface area contributed by atoms with Gasteiger partial charge in [0.1, 0.15) is 24.2 Å². The smallest absolute Gasteiger partial charge is 0.481 e. The van der Waals surface area contributed by atoms with Gasteiger partial charge in [0, 0.05) is 49.8 Å². The number of hydrogen-bond donors (Lipinski definition) is 11. The highest BCUT2D eigenvalue weighted by Crippen LogP contribution is 2.47. The van der Waals surface area contributed by atoms with Gasteiger partial charge in [0.2, 0.25) is 29.5 Å². The average Bonchev–Trinajstić information content (AvgIpc) is 3.68. The quantitative estimate of drug-likeness (QED) is 0.0530. The molecule has 1 fully saturated rings. The summed E-state index contributed by atoms with van der Waals surface area (Å²) in [7, 11) is -3.48. The Bertz CT molecular complexity index is 2330. The number of carboxylic acids is 2. The fourth-order valence-corrected chi connectivity index (χ4v) is 8.23. The van der Waals surface area contributed by atoms with Crippen molar-refractivity contribution in [3.05, 3.63) is 107 Å². The molecule has 1 aliphatic rings. The van der Waals surface area contributed by atoms with Gasteiger partial charge < -0.3 is 41.8 Å². The number of carbonyl (C=O) groups excluding carboxylic acids is 6. The molecule has 1 aliphatic carbocycles. The Kier molecular flexibility index (Phi) is 16.8. The normalized spacial score (nSPS) is 16.9. The Morgan fingerprint density at radius 2 is 1.17 bits per heavy atom. The highest BCUT2D eigenvalue weighted by atomic mass is 31.2. The third kappa shape index (κ3) is 13.2. The van der Waals surface area contributed by atoms with Gasteiger partial charge in [-0.15, -0.1) is 0 Å². The summed E-state index contributed by atoms with van der Waals surface area (Å²) in [4.78, 5) is 137. The standard InChI is InChI=1S/C44H51N6O13P/c1-45-39(54)36(23-28-24-46-32-14-8-7-11-29(28)32)50-40(55)33(19-20-37(51)52)47-41(56)35(21-25-9-3-2-4-10-25)49-42(57)34(48-38(53)30-12-5-6-13-31(30)43(58)59)22-26-15-17-27(18-16-26)44(60)64(61,62)63/h2-4,7-11,14-18,24,30-31,33-36,46,61-63H,5-6,12-13,19-23H2,1H3,(H6-,45,47,48,49,50,51,52,53,54,55,56,57,58,59)/p+1/t30-,31-,33-,34-,35-,36+/m0/s1. The fraction of sp³-hybridized carbons (Fsp3) is 0.364. The second-order valence-corrected chi connectivity index (χ2v) is 17.2. The Hall–Kier alpha value is -6.53. The van der Waals surface area contributed by atoms with Crippen LogP contribution in [0.4, 0.5) is 0 Å². The number of para-hydroxylation sites is 1. The zero-order valence-electron chi connectivity index (χ0n) is 34.9. The number of fused-ring (bicyclic) bond motifs is 1. The van der Waals surface area contributed by atoms with Gasteiger partial charge in [-0.3, -0.25) is 33.6 Å². The third-order valence-electron chi connectivity index (χ3n) is 11.1. The molecule has 20 heteroatoms. The van der Waals surface area contributed by atoms with Crippen molar-refractivity contribution in [1.29, 1.82) is 0 Å². The summed E-state index contributed by atoms with van der Waals surface area (Å²) >= 11 is 0. The molecule has 0 saturated heterocycles. The van der Waals surface area contributed by atoms with Crippen LogP contribution in [0.2, 0.25) is 0 Å². The molecule has 0 unspecified atom stereocenters. The molecule has 5 amide bonds. The highest BCUT2D eigenvalue weighted by Gasteiger charge is 2.43. The summed E-state index contributed by atoms with van der Waals surface area (Å²) in [5.74, 6) is -8.40. The number of rotatable bonds is 21. The summed E-state index contributed by atoms with van der Waals surface area (Å²) in [6.45, 7) is 0. The number of likely N-dealkylation sites (N-methyl/N-ethyl adjacent to an activating group) is 1. The zero-order valence-corrected chi connectivity index (χ0v) is 35.8. The number of H-pyrrole nitrogens is 1. The van der Waals surface area contributed by atoms with Gasteiger partial charge in [0.05, 0.1) is 17.4 Å². The number of benzene rings is 3. The first kappa shape index (κ1) is 48.5. The fourth-order valence-electron chi connectivity index (χ4n) is 7.74. The van der Waals surface area contributed by atoms with E-state index in [-0.39, 0.29) is 37.7 Å². The molecule has 0 radical (unpaired) electrons. The van der Waals surface area contributed by atoms with Crippen molar-refractivity contribution in [3.63, 3.8) is 0 Å². The number of amides is 5. The first-order valence-electron chi connectivity index (χ1n) is 20.6. The second kappa shape index (κ2) is 22.2. The van der Waals surface area contributed by atoms with Crippen LogP contribution in [-0.2, 0) is 52.8 Å². The van der Waals surface area contributed by atoms with E-state index < -0.39 is 104 Å². The molecule has 6 atom stereocenters. The molecule has 0 bridgehead atoms. The molecule has 11 N–H and O–H groups in total. The summed E-state index contributed by atoms with van der Waals surface area (Å²) in [6.07, 6.45) is 2.00. The van der Waals surface area contributed by atoms with Crippen molar-refractivity contribution in [3.8, 4) is 0 Å². The van der Waals surface area contributed by atoms with Crippen molar-refractivity contribution < 1.29 is 63.2 Å². The minimum atomic E-state index is -4.87. The van der Waals surface area contributed by atoms with E-state index >= 15 is 0 Å². The maximum atomic E-state index is 14.4. The number of aromatic amines is 1. The molecule has 1 saturated carbocycles. The van der Waals surface area contributed by atoms with Crippen LogP contribution in [0.25, 0.3) is 10.9 Å². The minimum absolute atomic E-state index is 0.0361. The minimum Gasteiger partial charge on any atom is -0.481 e. The first-order valence-corrected chi connectivity index (χ1v) is 22.3. The van der Waals surface area contributed by atoms with E-state index in [1.165, 1.54) is 31.3 Å². The molecule has 0 spiro atoms. The predicted octanol–water partition coefficient (Wildman–Crippen LogP) is 1.52. The van der Waals surface area contributed by atoms with E-state index in [9.17, 15) is 63.2 Å². The maximum Gasteiger partial charge on any atom is 0.483 e. The van der Waals surface area contributed by atoms with E-state index in [0.717, 1.165) is 10.9 Å². The van der Waals surface area contributed by atoms with Crippen LogP contribution in [0.15, 0.2) is 85.1 Å². The Balaban J connectivity index is 1.42. The van der Waals surface area contributed by atoms with Crippen molar-refractivity contribution in [1.82, 2.24) is 31.6 Å². The molecule has 64 heavy (non-hydrogen) atoms. The van der Waals surface area contributed by atoms with E-state index in [4.69, 9.17) is 0 Å². The van der Waals surface area contributed by atoms with Crippen LogP contribution < -0.4 is 26.6 Å². The first-order chi connectivity index (χ1) is 30.4. The largest absolute Gasteiger partial charge is 0.483 e. The molecule has 1 aromatic heterocycles. The lowest BCUT2D eigenvalue weighted by atomic mass is 9.78. The number of carboxylic acid groups (broad SMARTS) is 2. The van der Waals surface area contributed by atoms with Gasteiger partial charge in [-0.2, -0.15) is 14.7 Å². The summed E-state index contributed by atoms with van der Waals surface area (Å²) in [5, 5.41) is 33.3. The van der Waals surface area contributed by atoms with Gasteiger partial charge in [-0.1, -0.05) is 73.5 Å². The van der Waals surface area contributed by atoms with Crippen LogP contribution in [0.1, 0.15) is 65.6 Å². The lowest BCUT2D eigenvalue weighted by Gasteiger charge is -2.30. The molecule has 5 rings (SSSR count). The molecular formula is C44H52N6O13P+. The van der Waals surface area contributed by atoms with Crippen LogP contribution in [-0.4, -0.2) is 108 Å². The SMILES string of the molecule is CNC(=O)[C@@H](Cc1c[nH]c2ccccc12)NC(=O)[C@H](CCC(=O)O)NC(=O)[C@H](Cc1ccccc1)NC(=O)[C@H](Cc1ccc(C(=O)[P+](O)(O)O)cc1)NC(=O)[C@H]1CCCC[C@@H]1C(=O)O. The number of aliphatic carboxylic acids is 2. The summed E-state index contributed by atoms with van der Waals surface area (Å²) in [5.41, 5.74) is 0.839. The number of carbonyl (C=O) groups is 8. The van der Waals surface area contributed by atoms with Crippen molar-refractivity contribution >= 4 is 65.8 Å². The maximum absolute atomic E-state index is 14.4. The second-order valence-electron chi connectivity index (χ2n) is 15.7. The molecule has 340 valence electrons. The summed E-state index contributed by atoms with van der Waals surface area (Å²) in [6, 6.07) is 15.3. The third-order valence-corrected chi connectivity index (χ3v) is 11.9. The van der Waals surface area contributed by atoms with Crippen LogP contribution in [0.5, 0.6) is 0 Å². The van der Waals surface area contributed by atoms with Crippen molar-refractivity contribution in [2.75, 3.05) is 7.05 Å². The number of hydrogen-bond acceptors (Lipinski definition) is 11. The zero-order chi connectivity index (χ0) is 46.6. The molecule has 4 aromatic rings. The number of aromatic nitrogens is 1.